The smallest absolute Gasteiger partial charge is 0.0711 e. The van der Waals surface area contributed by atoms with Crippen molar-refractivity contribution in [1.82, 2.24) is 4.98 Å². The maximum absolute atomic E-state index is 4.46. The fourth-order valence-corrected chi connectivity index (χ4v) is 1.59. The number of nitrogens with zero attached hydrogens (tertiary/aromatic N) is 2. The summed E-state index contributed by atoms with van der Waals surface area (Å²) in [7, 11) is 1.78. The summed E-state index contributed by atoms with van der Waals surface area (Å²) < 4.78 is 0. The topological polar surface area (TPSA) is 25.2 Å². The van der Waals surface area contributed by atoms with Crippen LogP contribution in [0, 0.1) is 6.92 Å². The monoisotopic (exact) mass is 184 g/mol. The number of aryl methyl sites for hydroxylation is 1. The van der Waals surface area contributed by atoms with Crippen LogP contribution in [-0.2, 0) is 0 Å². The van der Waals surface area contributed by atoms with Crippen LogP contribution in [0.25, 0.3) is 10.9 Å². The van der Waals surface area contributed by atoms with Gasteiger partial charge in [0.05, 0.1) is 5.52 Å². The first-order valence-corrected chi connectivity index (χ1v) is 4.60. The lowest BCUT2D eigenvalue weighted by atomic mass is 10.1. The van der Waals surface area contributed by atoms with E-state index in [2.05, 4.69) is 22.1 Å². The van der Waals surface area contributed by atoms with Gasteiger partial charge < -0.3 is 0 Å². The molecule has 0 amide bonds. The molecule has 0 bridgehead atoms. The fourth-order valence-electron chi connectivity index (χ4n) is 1.59. The molecule has 0 fully saturated rings. The van der Waals surface area contributed by atoms with E-state index in [1.165, 1.54) is 0 Å². The van der Waals surface area contributed by atoms with Crippen molar-refractivity contribution in [2.45, 2.75) is 6.92 Å². The Kier molecular flexibility index (Phi) is 2.27. The van der Waals surface area contributed by atoms with Crippen molar-refractivity contribution >= 4 is 17.1 Å². The Bertz CT molecular complexity index is 487. The van der Waals surface area contributed by atoms with E-state index in [1.807, 2.05) is 31.3 Å². The van der Waals surface area contributed by atoms with Gasteiger partial charge in [-0.15, -0.1) is 0 Å². The van der Waals surface area contributed by atoms with Gasteiger partial charge in [0.15, 0.2) is 0 Å². The van der Waals surface area contributed by atoms with Crippen LogP contribution < -0.4 is 0 Å². The highest BCUT2D eigenvalue weighted by atomic mass is 14.7. The molecule has 1 aromatic carbocycles. The molecule has 70 valence electrons. The summed E-state index contributed by atoms with van der Waals surface area (Å²) in [6.07, 6.45) is 1.87. The summed E-state index contributed by atoms with van der Waals surface area (Å²) in [6.45, 7) is 2.00. The average molecular weight is 184 g/mol. The van der Waals surface area contributed by atoms with Crippen LogP contribution in [0.5, 0.6) is 0 Å². The first-order chi connectivity index (χ1) is 6.81. The molecule has 0 aliphatic rings. The summed E-state index contributed by atoms with van der Waals surface area (Å²) in [6, 6.07) is 10.2. The summed E-state index contributed by atoms with van der Waals surface area (Å²) in [5.74, 6) is 0. The van der Waals surface area contributed by atoms with E-state index in [0.717, 1.165) is 22.2 Å². The summed E-state index contributed by atoms with van der Waals surface area (Å²) >= 11 is 0. The fraction of sp³-hybridized carbons (Fsp3) is 0.167. The zero-order chi connectivity index (χ0) is 9.97. The van der Waals surface area contributed by atoms with Gasteiger partial charge in [0.2, 0.25) is 0 Å². The van der Waals surface area contributed by atoms with E-state index >= 15 is 0 Å². The van der Waals surface area contributed by atoms with Crippen molar-refractivity contribution in [1.29, 1.82) is 0 Å². The summed E-state index contributed by atoms with van der Waals surface area (Å²) in [4.78, 5) is 8.50. The molecule has 0 atom stereocenters. The zero-order valence-electron chi connectivity index (χ0n) is 8.36. The standard InChI is InChI=1S/C12H12N2/c1-9-7-10(8-13-2)11-5-3-4-6-12(11)14-9/h3-8H,1-2H3/b13-8+. The second kappa shape index (κ2) is 3.58. The van der Waals surface area contributed by atoms with E-state index in [-0.39, 0.29) is 0 Å². The molecule has 2 heteroatoms. The highest BCUT2D eigenvalue weighted by Crippen LogP contribution is 2.16. The Morgan fingerprint density at radius 3 is 2.86 bits per heavy atom. The van der Waals surface area contributed by atoms with Crippen molar-refractivity contribution < 1.29 is 0 Å². The molecule has 0 saturated carbocycles. The maximum atomic E-state index is 4.46. The van der Waals surface area contributed by atoms with Gasteiger partial charge >= 0.3 is 0 Å². The number of fused-ring (bicyclic) bond motifs is 1. The number of benzene rings is 1. The number of aliphatic imine (C=N–C) groups is 1. The van der Waals surface area contributed by atoms with Crippen LogP contribution in [0.1, 0.15) is 11.3 Å². The van der Waals surface area contributed by atoms with Crippen LogP contribution >= 0.6 is 0 Å². The predicted octanol–water partition coefficient (Wildman–Crippen LogP) is 2.59. The molecule has 0 spiro atoms. The highest BCUT2D eigenvalue weighted by Gasteiger charge is 2.00. The number of hydrogen-bond donors (Lipinski definition) is 0. The van der Waals surface area contributed by atoms with Gasteiger partial charge in [0, 0.05) is 29.9 Å². The molecule has 0 radical (unpaired) electrons. The normalized spacial score (nSPS) is 11.3. The first-order valence-electron chi connectivity index (χ1n) is 4.60. The van der Waals surface area contributed by atoms with Crippen LogP contribution in [0.3, 0.4) is 0 Å². The number of hydrogen-bond acceptors (Lipinski definition) is 2. The molecule has 0 aliphatic carbocycles. The first kappa shape index (κ1) is 8.88. The molecule has 2 rings (SSSR count). The van der Waals surface area contributed by atoms with E-state index < -0.39 is 0 Å². The zero-order valence-corrected chi connectivity index (χ0v) is 8.36. The lowest BCUT2D eigenvalue weighted by Gasteiger charge is -2.02. The van der Waals surface area contributed by atoms with Gasteiger partial charge in [-0.25, -0.2) is 0 Å². The molecule has 0 unspecified atom stereocenters. The van der Waals surface area contributed by atoms with E-state index in [9.17, 15) is 0 Å². The van der Waals surface area contributed by atoms with Crippen LogP contribution in [0.2, 0.25) is 0 Å². The highest BCUT2D eigenvalue weighted by molar-refractivity contribution is 5.98. The molecule has 0 N–H and O–H groups in total. The molecular weight excluding hydrogens is 172 g/mol. The Hall–Kier alpha value is -1.70. The van der Waals surface area contributed by atoms with E-state index in [0.29, 0.717) is 0 Å². The minimum atomic E-state index is 1.03. The van der Waals surface area contributed by atoms with E-state index in [4.69, 9.17) is 0 Å². The maximum Gasteiger partial charge on any atom is 0.0711 e. The number of pyridine rings is 1. The molecule has 1 aromatic heterocycles. The van der Waals surface area contributed by atoms with Crippen LogP contribution in [0.15, 0.2) is 35.3 Å². The van der Waals surface area contributed by atoms with Gasteiger partial charge in [-0.3, -0.25) is 9.98 Å². The minimum absolute atomic E-state index is 1.03. The quantitative estimate of drug-likeness (QED) is 0.625. The molecule has 14 heavy (non-hydrogen) atoms. The van der Waals surface area contributed by atoms with Crippen molar-refractivity contribution in [2.75, 3.05) is 7.05 Å². The second-order valence-corrected chi connectivity index (χ2v) is 3.26. The average Bonchev–Trinajstić information content (AvgIpc) is 2.18. The lowest BCUT2D eigenvalue weighted by molar-refractivity contribution is 1.25. The molecular formula is C12H12N2. The summed E-state index contributed by atoms with van der Waals surface area (Å²) in [5.41, 5.74) is 3.19. The van der Waals surface area contributed by atoms with Crippen molar-refractivity contribution in [3.63, 3.8) is 0 Å². The third-order valence-corrected chi connectivity index (χ3v) is 2.14. The second-order valence-electron chi connectivity index (χ2n) is 3.26. The summed E-state index contributed by atoms with van der Waals surface area (Å²) in [5, 5.41) is 1.16. The van der Waals surface area contributed by atoms with Gasteiger partial charge in [-0.05, 0) is 19.1 Å². The molecule has 2 nitrogen and oxygen atoms in total. The van der Waals surface area contributed by atoms with Gasteiger partial charge in [-0.1, -0.05) is 18.2 Å². The Balaban J connectivity index is 2.79. The van der Waals surface area contributed by atoms with E-state index in [1.54, 1.807) is 7.05 Å². The Labute approximate surface area is 83.3 Å². The van der Waals surface area contributed by atoms with Crippen molar-refractivity contribution in [2.24, 2.45) is 4.99 Å². The molecule has 0 saturated heterocycles. The molecule has 2 aromatic rings. The number of para-hydroxylation sites is 1. The van der Waals surface area contributed by atoms with Gasteiger partial charge in [0.25, 0.3) is 0 Å². The van der Waals surface area contributed by atoms with Crippen molar-refractivity contribution in [3.05, 3.63) is 41.6 Å². The largest absolute Gasteiger partial charge is 0.296 e. The number of rotatable bonds is 1. The van der Waals surface area contributed by atoms with Gasteiger partial charge in [0.1, 0.15) is 0 Å². The van der Waals surface area contributed by atoms with Crippen LogP contribution in [-0.4, -0.2) is 18.2 Å². The van der Waals surface area contributed by atoms with Crippen LogP contribution in [0.4, 0.5) is 0 Å². The minimum Gasteiger partial charge on any atom is -0.296 e. The third kappa shape index (κ3) is 1.51. The Morgan fingerprint density at radius 2 is 2.07 bits per heavy atom. The Morgan fingerprint density at radius 1 is 1.29 bits per heavy atom. The van der Waals surface area contributed by atoms with Crippen molar-refractivity contribution in [3.8, 4) is 0 Å². The molecule has 0 aliphatic heterocycles. The SMILES string of the molecule is C/N=C/c1cc(C)nc2ccccc12. The lowest BCUT2D eigenvalue weighted by Crippen LogP contribution is -1.90. The predicted molar refractivity (Wildman–Crippen MR) is 60.0 cm³/mol. The number of aromatic nitrogens is 1. The third-order valence-electron chi connectivity index (χ3n) is 2.14. The van der Waals surface area contributed by atoms with Gasteiger partial charge in [-0.2, -0.15) is 0 Å². The molecule has 1 heterocycles.